The number of nitrogens with zero attached hydrogens (tertiary/aromatic N) is 2. The lowest BCUT2D eigenvalue weighted by Crippen LogP contribution is -2.51. The molecule has 1 saturated heterocycles. The van der Waals surface area contributed by atoms with Gasteiger partial charge in [0.25, 0.3) is 5.91 Å². The van der Waals surface area contributed by atoms with E-state index in [9.17, 15) is 19.7 Å². The molecule has 0 radical (unpaired) electrons. The van der Waals surface area contributed by atoms with Gasteiger partial charge in [-0.3, -0.25) is 14.9 Å². The van der Waals surface area contributed by atoms with Gasteiger partial charge >= 0.3 is 11.7 Å². The number of nitro groups is 1. The van der Waals surface area contributed by atoms with Crippen molar-refractivity contribution in [2.45, 2.75) is 64.0 Å². The standard InChI is InChI=1S/C21H30N4O5/c1-2-30-19-9-8-15(14-18(19)25(28)29)20(26)22-17-10-12-24(13-11-17)21(27)23-16-6-4-3-5-7-16/h8-9,14,16-17H,2-7,10-13H2,1H3,(H,22,26)(H,23,27). The summed E-state index contributed by atoms with van der Waals surface area (Å²) in [5.41, 5.74) is 0.00123. The Kier molecular flexibility index (Phi) is 7.48. The maximum absolute atomic E-state index is 12.6. The fraction of sp³-hybridized carbons (Fsp3) is 0.619. The van der Waals surface area contributed by atoms with Gasteiger partial charge in [0.15, 0.2) is 5.75 Å². The first-order valence-corrected chi connectivity index (χ1v) is 10.8. The average molecular weight is 418 g/mol. The third-order valence-corrected chi connectivity index (χ3v) is 5.77. The van der Waals surface area contributed by atoms with Gasteiger partial charge in [-0.25, -0.2) is 4.79 Å². The van der Waals surface area contributed by atoms with Crippen molar-refractivity contribution in [2.24, 2.45) is 0 Å². The van der Waals surface area contributed by atoms with Crippen LogP contribution in [-0.4, -0.2) is 53.5 Å². The summed E-state index contributed by atoms with van der Waals surface area (Å²) < 4.78 is 5.25. The lowest BCUT2D eigenvalue weighted by Gasteiger charge is -2.34. The second-order valence-electron chi connectivity index (χ2n) is 7.89. The molecule has 9 nitrogen and oxygen atoms in total. The molecule has 0 atom stereocenters. The summed E-state index contributed by atoms with van der Waals surface area (Å²) in [7, 11) is 0. The number of nitrogens with one attached hydrogen (secondary N) is 2. The van der Waals surface area contributed by atoms with Crippen molar-refractivity contribution in [3.8, 4) is 5.75 Å². The molecule has 3 rings (SSSR count). The predicted molar refractivity (Wildman–Crippen MR) is 112 cm³/mol. The zero-order chi connectivity index (χ0) is 21.5. The molecule has 1 saturated carbocycles. The van der Waals surface area contributed by atoms with Crippen LogP contribution in [0.25, 0.3) is 0 Å². The van der Waals surface area contributed by atoms with Crippen LogP contribution in [0.15, 0.2) is 18.2 Å². The molecule has 1 aromatic carbocycles. The summed E-state index contributed by atoms with van der Waals surface area (Å²) in [6.45, 7) is 3.20. The first-order chi connectivity index (χ1) is 14.5. The summed E-state index contributed by atoms with van der Waals surface area (Å²) in [5.74, 6) is -0.206. The van der Waals surface area contributed by atoms with Crippen LogP contribution in [0.4, 0.5) is 10.5 Å². The summed E-state index contributed by atoms with van der Waals surface area (Å²) in [5, 5.41) is 17.3. The van der Waals surface area contributed by atoms with E-state index < -0.39 is 4.92 Å². The van der Waals surface area contributed by atoms with Crippen molar-refractivity contribution in [1.82, 2.24) is 15.5 Å². The van der Waals surface area contributed by atoms with Crippen LogP contribution in [0.3, 0.4) is 0 Å². The van der Waals surface area contributed by atoms with Crippen LogP contribution in [0.1, 0.15) is 62.2 Å². The highest BCUT2D eigenvalue weighted by atomic mass is 16.6. The van der Waals surface area contributed by atoms with E-state index in [2.05, 4.69) is 10.6 Å². The molecule has 1 heterocycles. The van der Waals surface area contributed by atoms with E-state index in [0.29, 0.717) is 32.5 Å². The van der Waals surface area contributed by atoms with E-state index >= 15 is 0 Å². The second kappa shape index (κ2) is 10.3. The number of likely N-dealkylation sites (tertiary alicyclic amines) is 1. The molecule has 2 N–H and O–H groups in total. The fourth-order valence-electron chi connectivity index (χ4n) is 4.09. The minimum Gasteiger partial charge on any atom is -0.487 e. The second-order valence-corrected chi connectivity index (χ2v) is 7.89. The smallest absolute Gasteiger partial charge is 0.317 e. The molecule has 0 spiro atoms. The van der Waals surface area contributed by atoms with Crippen molar-refractivity contribution in [1.29, 1.82) is 0 Å². The largest absolute Gasteiger partial charge is 0.487 e. The molecule has 2 aliphatic rings. The number of carbonyl (C=O) groups excluding carboxylic acids is 2. The molecule has 164 valence electrons. The van der Waals surface area contributed by atoms with Crippen molar-refractivity contribution in [3.05, 3.63) is 33.9 Å². The van der Waals surface area contributed by atoms with Gasteiger partial charge < -0.3 is 20.3 Å². The van der Waals surface area contributed by atoms with Gasteiger partial charge in [0, 0.05) is 36.8 Å². The lowest BCUT2D eigenvalue weighted by atomic mass is 9.95. The molecular weight excluding hydrogens is 388 g/mol. The van der Waals surface area contributed by atoms with Crippen molar-refractivity contribution < 1.29 is 19.2 Å². The molecule has 2 fully saturated rings. The molecule has 9 heteroatoms. The first kappa shape index (κ1) is 21.9. The first-order valence-electron chi connectivity index (χ1n) is 10.8. The van der Waals surface area contributed by atoms with Crippen LogP contribution in [-0.2, 0) is 0 Å². The summed E-state index contributed by atoms with van der Waals surface area (Å²) in [6.07, 6.45) is 6.99. The number of rotatable bonds is 6. The van der Waals surface area contributed by atoms with E-state index in [4.69, 9.17) is 4.74 Å². The number of piperidine rings is 1. The molecule has 3 amide bonds. The summed E-state index contributed by atoms with van der Waals surface area (Å²) in [6, 6.07) is 4.41. The molecule has 1 aliphatic carbocycles. The minimum absolute atomic E-state index is 0.0196. The molecular formula is C21H30N4O5. The number of hydrogen-bond donors (Lipinski definition) is 2. The van der Waals surface area contributed by atoms with Crippen LogP contribution >= 0.6 is 0 Å². The van der Waals surface area contributed by atoms with E-state index in [1.165, 1.54) is 37.5 Å². The SMILES string of the molecule is CCOc1ccc(C(=O)NC2CCN(C(=O)NC3CCCCC3)CC2)cc1[N+](=O)[O-]. The van der Waals surface area contributed by atoms with Crippen LogP contribution < -0.4 is 15.4 Å². The Morgan fingerprint density at radius 2 is 1.77 bits per heavy atom. The summed E-state index contributed by atoms with van der Waals surface area (Å²) in [4.78, 5) is 37.5. The van der Waals surface area contributed by atoms with Crippen LogP contribution in [0.5, 0.6) is 5.75 Å². The minimum atomic E-state index is -0.550. The third kappa shape index (κ3) is 5.61. The highest BCUT2D eigenvalue weighted by Crippen LogP contribution is 2.28. The number of urea groups is 1. The number of nitro benzene ring substituents is 1. The number of amides is 3. The van der Waals surface area contributed by atoms with Gasteiger partial charge in [-0.1, -0.05) is 19.3 Å². The van der Waals surface area contributed by atoms with E-state index in [0.717, 1.165) is 12.8 Å². The molecule has 0 bridgehead atoms. The molecule has 0 aromatic heterocycles. The highest BCUT2D eigenvalue weighted by Gasteiger charge is 2.26. The highest BCUT2D eigenvalue weighted by molar-refractivity contribution is 5.95. The molecule has 0 unspecified atom stereocenters. The Hall–Kier alpha value is -2.84. The zero-order valence-corrected chi connectivity index (χ0v) is 17.4. The number of carbonyl (C=O) groups is 2. The maximum atomic E-state index is 12.6. The Bertz CT molecular complexity index is 771. The average Bonchev–Trinajstić information content (AvgIpc) is 2.75. The Balaban J connectivity index is 1.50. The Morgan fingerprint density at radius 1 is 1.10 bits per heavy atom. The van der Waals surface area contributed by atoms with Gasteiger partial charge in [-0.05, 0) is 44.7 Å². The molecule has 30 heavy (non-hydrogen) atoms. The fourth-order valence-corrected chi connectivity index (χ4v) is 4.09. The van der Waals surface area contributed by atoms with Gasteiger partial charge in [0.2, 0.25) is 0 Å². The zero-order valence-electron chi connectivity index (χ0n) is 17.4. The van der Waals surface area contributed by atoms with Crippen LogP contribution in [0.2, 0.25) is 0 Å². The molecule has 1 aromatic rings. The van der Waals surface area contributed by atoms with Gasteiger partial charge in [-0.2, -0.15) is 0 Å². The maximum Gasteiger partial charge on any atom is 0.317 e. The summed E-state index contributed by atoms with van der Waals surface area (Å²) >= 11 is 0. The van der Waals surface area contributed by atoms with E-state index in [1.807, 2.05) is 0 Å². The third-order valence-electron chi connectivity index (χ3n) is 5.77. The van der Waals surface area contributed by atoms with Gasteiger partial charge in [-0.15, -0.1) is 0 Å². The van der Waals surface area contributed by atoms with Crippen LogP contribution in [0, 0.1) is 10.1 Å². The topological polar surface area (TPSA) is 114 Å². The van der Waals surface area contributed by atoms with E-state index in [1.54, 1.807) is 11.8 Å². The van der Waals surface area contributed by atoms with Gasteiger partial charge in [0.05, 0.1) is 11.5 Å². The number of hydrogen-bond acceptors (Lipinski definition) is 5. The monoisotopic (exact) mass is 418 g/mol. The quantitative estimate of drug-likeness (QED) is 0.544. The van der Waals surface area contributed by atoms with Gasteiger partial charge in [0.1, 0.15) is 0 Å². The lowest BCUT2D eigenvalue weighted by molar-refractivity contribution is -0.385. The normalized spacial score (nSPS) is 18.0. The van der Waals surface area contributed by atoms with Crippen molar-refractivity contribution in [2.75, 3.05) is 19.7 Å². The number of benzene rings is 1. The number of ether oxygens (including phenoxy) is 1. The predicted octanol–water partition coefficient (Wildman–Crippen LogP) is 3.23. The molecule has 1 aliphatic heterocycles. The van der Waals surface area contributed by atoms with Crippen molar-refractivity contribution >= 4 is 17.6 Å². The van der Waals surface area contributed by atoms with Crippen molar-refractivity contribution in [3.63, 3.8) is 0 Å². The Labute approximate surface area is 176 Å². The van der Waals surface area contributed by atoms with E-state index in [-0.39, 0.29) is 41.0 Å². The Morgan fingerprint density at radius 3 is 2.40 bits per heavy atom.